The summed E-state index contributed by atoms with van der Waals surface area (Å²) in [4.78, 5) is 16.8. The van der Waals surface area contributed by atoms with Gasteiger partial charge in [0.2, 0.25) is 0 Å². The average molecular weight is 272 g/mol. The van der Waals surface area contributed by atoms with Gasteiger partial charge in [-0.3, -0.25) is 9.63 Å². The fraction of sp³-hybridized carbons (Fsp3) is 0.462. The molecule has 0 aliphatic carbocycles. The number of ether oxygens (including phenoxy) is 1. The van der Waals surface area contributed by atoms with Crippen molar-refractivity contribution in [2.75, 3.05) is 0 Å². The molecular formula is C13H18ClNO3. The molecule has 0 aliphatic heterocycles. The molecule has 0 saturated carbocycles. The number of hydrogen-bond acceptors (Lipinski definition) is 3. The molecule has 1 rings (SSSR count). The second kappa shape index (κ2) is 6.07. The molecule has 0 fully saturated rings. The zero-order valence-corrected chi connectivity index (χ0v) is 11.7. The number of hydroxylamine groups is 1. The van der Waals surface area contributed by atoms with E-state index in [1.165, 1.54) is 0 Å². The highest BCUT2D eigenvalue weighted by atomic mass is 35.5. The van der Waals surface area contributed by atoms with E-state index in [4.69, 9.17) is 21.2 Å². The van der Waals surface area contributed by atoms with Gasteiger partial charge in [-0.05, 0) is 52.0 Å². The van der Waals surface area contributed by atoms with Gasteiger partial charge in [0, 0.05) is 5.02 Å². The predicted molar refractivity (Wildman–Crippen MR) is 70.5 cm³/mol. The first-order valence-electron chi connectivity index (χ1n) is 5.68. The Morgan fingerprint density at radius 2 is 1.83 bits per heavy atom. The molecule has 0 aliphatic rings. The second-order valence-corrected chi connectivity index (χ2v) is 5.33. The topological polar surface area (TPSA) is 47.6 Å². The van der Waals surface area contributed by atoms with Crippen LogP contribution < -0.4 is 10.2 Å². The lowest BCUT2D eigenvalue weighted by Crippen LogP contribution is -2.40. The van der Waals surface area contributed by atoms with Gasteiger partial charge in [0.25, 0.3) is 5.91 Å². The van der Waals surface area contributed by atoms with Crippen LogP contribution in [0.3, 0.4) is 0 Å². The second-order valence-electron chi connectivity index (χ2n) is 4.89. The third-order valence-corrected chi connectivity index (χ3v) is 2.21. The average Bonchev–Trinajstić information content (AvgIpc) is 2.28. The van der Waals surface area contributed by atoms with Gasteiger partial charge in [0.1, 0.15) is 5.75 Å². The predicted octanol–water partition coefficient (Wildman–Crippen LogP) is 2.95. The number of nitrogens with one attached hydrogen (secondary N) is 1. The summed E-state index contributed by atoms with van der Waals surface area (Å²) in [5.74, 6) is 0.248. The van der Waals surface area contributed by atoms with Crippen molar-refractivity contribution in [3.05, 3.63) is 29.3 Å². The van der Waals surface area contributed by atoms with Crippen molar-refractivity contribution in [3.63, 3.8) is 0 Å². The van der Waals surface area contributed by atoms with Crippen molar-refractivity contribution < 1.29 is 14.4 Å². The van der Waals surface area contributed by atoms with E-state index in [9.17, 15) is 4.79 Å². The van der Waals surface area contributed by atoms with Crippen LogP contribution in [0.1, 0.15) is 27.7 Å². The van der Waals surface area contributed by atoms with Gasteiger partial charge in [-0.25, -0.2) is 5.48 Å². The fourth-order valence-corrected chi connectivity index (χ4v) is 1.18. The Bertz CT molecular complexity index is 398. The summed E-state index contributed by atoms with van der Waals surface area (Å²) in [6.07, 6.45) is -0.645. The molecule has 1 aromatic carbocycles. The molecule has 1 atom stereocenters. The zero-order valence-electron chi connectivity index (χ0n) is 11.0. The van der Waals surface area contributed by atoms with E-state index in [2.05, 4.69) is 5.48 Å². The van der Waals surface area contributed by atoms with Gasteiger partial charge < -0.3 is 4.74 Å². The molecule has 1 aromatic rings. The summed E-state index contributed by atoms with van der Waals surface area (Å²) < 4.78 is 5.45. The van der Waals surface area contributed by atoms with E-state index in [0.29, 0.717) is 10.8 Å². The highest BCUT2D eigenvalue weighted by molar-refractivity contribution is 6.30. The van der Waals surface area contributed by atoms with E-state index in [0.717, 1.165) is 0 Å². The van der Waals surface area contributed by atoms with Crippen LogP contribution in [0.5, 0.6) is 5.75 Å². The summed E-state index contributed by atoms with van der Waals surface area (Å²) in [5.41, 5.74) is 1.93. The molecule has 0 aromatic heterocycles. The van der Waals surface area contributed by atoms with Crippen LogP contribution in [0, 0.1) is 0 Å². The number of halogens is 1. The van der Waals surface area contributed by atoms with E-state index in [-0.39, 0.29) is 5.91 Å². The number of carbonyl (C=O) groups is 1. The van der Waals surface area contributed by atoms with Crippen molar-refractivity contribution in [2.24, 2.45) is 0 Å². The normalized spacial score (nSPS) is 12.9. The summed E-state index contributed by atoms with van der Waals surface area (Å²) in [7, 11) is 0. The molecule has 0 saturated heterocycles. The Balaban J connectivity index is 2.47. The smallest absolute Gasteiger partial charge is 0.284 e. The molecule has 0 spiro atoms. The van der Waals surface area contributed by atoms with Crippen molar-refractivity contribution in [3.8, 4) is 5.75 Å². The molecule has 0 radical (unpaired) electrons. The lowest BCUT2D eigenvalue weighted by Gasteiger charge is -2.21. The number of hydrogen-bond donors (Lipinski definition) is 1. The van der Waals surface area contributed by atoms with E-state index >= 15 is 0 Å². The van der Waals surface area contributed by atoms with Crippen molar-refractivity contribution in [1.29, 1.82) is 0 Å². The van der Waals surface area contributed by atoms with Crippen LogP contribution in [0.4, 0.5) is 0 Å². The molecule has 1 amide bonds. The SMILES string of the molecule is C[C@H](Oc1ccc(Cl)cc1)C(=O)NOC(C)(C)C. The Kier molecular flexibility index (Phi) is 4.99. The van der Waals surface area contributed by atoms with Crippen LogP contribution in [0.15, 0.2) is 24.3 Å². The lowest BCUT2D eigenvalue weighted by atomic mass is 10.2. The molecule has 4 nitrogen and oxygen atoms in total. The minimum Gasteiger partial charge on any atom is -0.481 e. The Morgan fingerprint density at radius 3 is 2.33 bits per heavy atom. The van der Waals surface area contributed by atoms with E-state index < -0.39 is 11.7 Å². The van der Waals surface area contributed by atoms with Gasteiger partial charge in [-0.2, -0.15) is 0 Å². The fourth-order valence-electron chi connectivity index (χ4n) is 1.06. The highest BCUT2D eigenvalue weighted by Gasteiger charge is 2.18. The summed E-state index contributed by atoms with van der Waals surface area (Å²) in [6, 6.07) is 6.81. The van der Waals surface area contributed by atoms with Crippen LogP contribution in [0.2, 0.25) is 5.02 Å². The van der Waals surface area contributed by atoms with Crippen LogP contribution in [-0.2, 0) is 9.63 Å². The highest BCUT2D eigenvalue weighted by Crippen LogP contribution is 2.16. The third kappa shape index (κ3) is 5.38. The first kappa shape index (κ1) is 14.8. The molecule has 0 bridgehead atoms. The monoisotopic (exact) mass is 271 g/mol. The van der Waals surface area contributed by atoms with E-state index in [1.807, 2.05) is 20.8 Å². The largest absolute Gasteiger partial charge is 0.481 e. The molecule has 0 heterocycles. The van der Waals surface area contributed by atoms with E-state index in [1.54, 1.807) is 31.2 Å². The van der Waals surface area contributed by atoms with Gasteiger partial charge in [-0.15, -0.1) is 0 Å². The van der Waals surface area contributed by atoms with Crippen molar-refractivity contribution in [2.45, 2.75) is 39.4 Å². The molecule has 5 heteroatoms. The zero-order chi connectivity index (χ0) is 13.8. The summed E-state index contributed by atoms with van der Waals surface area (Å²) >= 11 is 5.76. The number of carbonyl (C=O) groups excluding carboxylic acids is 1. The Hall–Kier alpha value is -1.26. The number of amides is 1. The quantitative estimate of drug-likeness (QED) is 0.857. The maximum atomic E-state index is 11.7. The summed E-state index contributed by atoms with van der Waals surface area (Å²) in [6.45, 7) is 7.18. The number of benzene rings is 1. The minimum absolute atomic E-state index is 0.333. The van der Waals surface area contributed by atoms with Crippen LogP contribution in [0.25, 0.3) is 0 Å². The van der Waals surface area contributed by atoms with Crippen LogP contribution in [-0.4, -0.2) is 17.6 Å². The minimum atomic E-state index is -0.645. The first-order valence-corrected chi connectivity index (χ1v) is 6.06. The molecule has 1 N–H and O–H groups in total. The maximum absolute atomic E-state index is 11.7. The molecular weight excluding hydrogens is 254 g/mol. The summed E-state index contributed by atoms with van der Waals surface area (Å²) in [5, 5.41) is 0.621. The molecule has 0 unspecified atom stereocenters. The van der Waals surface area contributed by atoms with Crippen LogP contribution >= 0.6 is 11.6 Å². The first-order chi connectivity index (χ1) is 8.28. The maximum Gasteiger partial charge on any atom is 0.284 e. The van der Waals surface area contributed by atoms with Gasteiger partial charge in [0.05, 0.1) is 5.60 Å². The Labute approximate surface area is 112 Å². The molecule has 18 heavy (non-hydrogen) atoms. The van der Waals surface area contributed by atoms with Crippen molar-refractivity contribution >= 4 is 17.5 Å². The van der Waals surface area contributed by atoms with Gasteiger partial charge >= 0.3 is 0 Å². The number of rotatable bonds is 4. The Morgan fingerprint density at radius 1 is 1.28 bits per heavy atom. The van der Waals surface area contributed by atoms with Crippen molar-refractivity contribution in [1.82, 2.24) is 5.48 Å². The third-order valence-electron chi connectivity index (χ3n) is 1.95. The van der Waals surface area contributed by atoms with Gasteiger partial charge in [0.15, 0.2) is 6.10 Å². The molecule has 100 valence electrons. The lowest BCUT2D eigenvalue weighted by molar-refractivity contribution is -0.151. The van der Waals surface area contributed by atoms with Gasteiger partial charge in [-0.1, -0.05) is 11.6 Å². The standard InChI is InChI=1S/C13H18ClNO3/c1-9(12(16)15-18-13(2,3)4)17-11-7-5-10(14)6-8-11/h5-9H,1-4H3,(H,15,16)/t9-/m0/s1.